The topological polar surface area (TPSA) is 52.7 Å². The Balaban J connectivity index is 1.72. The van der Waals surface area contributed by atoms with Gasteiger partial charge >= 0.3 is 0 Å². The second-order valence-electron chi connectivity index (χ2n) is 7.35. The van der Waals surface area contributed by atoms with Crippen molar-refractivity contribution in [1.82, 2.24) is 15.1 Å². The molecule has 1 aliphatic carbocycles. The molecule has 0 aromatic heterocycles. The molecule has 2 amide bonds. The number of piperazine rings is 1. The Morgan fingerprint density at radius 1 is 1.19 bits per heavy atom. The van der Waals surface area contributed by atoms with E-state index >= 15 is 0 Å². The first kappa shape index (κ1) is 14.8. The molecule has 3 fully saturated rings. The van der Waals surface area contributed by atoms with Gasteiger partial charge in [-0.05, 0) is 71.5 Å². The molecule has 2 heterocycles. The minimum Gasteiger partial charge on any atom is -0.340 e. The Kier molecular flexibility index (Phi) is 3.72. The minimum absolute atomic E-state index is 0.0110. The number of piperidine rings is 1. The molecule has 0 radical (unpaired) electrons. The third kappa shape index (κ3) is 2.68. The molecule has 5 nitrogen and oxygen atoms in total. The molecule has 0 aromatic carbocycles. The fraction of sp³-hybridized carbons (Fsp3) is 0.875. The molecule has 0 aromatic rings. The van der Waals surface area contributed by atoms with Gasteiger partial charge < -0.3 is 15.1 Å². The average Bonchev–Trinajstić information content (AvgIpc) is 3.28. The zero-order valence-corrected chi connectivity index (χ0v) is 13.4. The van der Waals surface area contributed by atoms with Crippen molar-refractivity contribution in [3.63, 3.8) is 0 Å². The predicted molar refractivity (Wildman–Crippen MR) is 80.7 cm³/mol. The number of nitrogens with zero attached hydrogens (tertiary/aromatic N) is 2. The van der Waals surface area contributed by atoms with E-state index < -0.39 is 5.54 Å². The van der Waals surface area contributed by atoms with Crippen LogP contribution in [0.25, 0.3) is 0 Å². The lowest BCUT2D eigenvalue weighted by molar-refractivity contribution is -0.155. The predicted octanol–water partition coefficient (Wildman–Crippen LogP) is 0.844. The van der Waals surface area contributed by atoms with Gasteiger partial charge in [0.2, 0.25) is 11.8 Å². The van der Waals surface area contributed by atoms with E-state index in [0.717, 1.165) is 45.3 Å². The zero-order chi connectivity index (χ0) is 15.2. The van der Waals surface area contributed by atoms with Crippen molar-refractivity contribution in [2.75, 3.05) is 26.7 Å². The van der Waals surface area contributed by atoms with Crippen molar-refractivity contribution in [3.05, 3.63) is 0 Å². The molecule has 2 atom stereocenters. The SMILES string of the molecule is CC1C(=O)NC(C)(C2CC2)C(=O)N1CC1CCN(C)CC1. The number of likely N-dealkylation sites (tertiary alicyclic amines) is 1. The average molecular weight is 293 g/mol. The van der Waals surface area contributed by atoms with Crippen molar-refractivity contribution in [2.24, 2.45) is 11.8 Å². The van der Waals surface area contributed by atoms with Gasteiger partial charge in [-0.1, -0.05) is 0 Å². The second-order valence-corrected chi connectivity index (χ2v) is 7.35. The van der Waals surface area contributed by atoms with E-state index in [9.17, 15) is 9.59 Å². The van der Waals surface area contributed by atoms with Gasteiger partial charge in [-0.2, -0.15) is 0 Å². The lowest BCUT2D eigenvalue weighted by Gasteiger charge is -2.45. The Morgan fingerprint density at radius 3 is 2.38 bits per heavy atom. The summed E-state index contributed by atoms with van der Waals surface area (Å²) in [6, 6.07) is -0.330. The highest BCUT2D eigenvalue weighted by atomic mass is 16.2. The van der Waals surface area contributed by atoms with Crippen molar-refractivity contribution >= 4 is 11.8 Å². The molecule has 3 aliphatic rings. The van der Waals surface area contributed by atoms with Gasteiger partial charge in [-0.3, -0.25) is 9.59 Å². The van der Waals surface area contributed by atoms with Crippen LogP contribution in [0.5, 0.6) is 0 Å². The van der Waals surface area contributed by atoms with Crippen LogP contribution in [-0.4, -0.2) is 59.9 Å². The standard InChI is InChI=1S/C16H27N3O2/c1-11-14(20)17-16(2,13-4-5-13)15(21)19(11)10-12-6-8-18(3)9-7-12/h11-13H,4-10H2,1-3H3,(H,17,20). The molecule has 3 rings (SSSR count). The van der Waals surface area contributed by atoms with Crippen LogP contribution in [0.2, 0.25) is 0 Å². The number of hydrogen-bond donors (Lipinski definition) is 1. The van der Waals surface area contributed by atoms with Gasteiger partial charge in [-0.15, -0.1) is 0 Å². The number of nitrogens with one attached hydrogen (secondary N) is 1. The molecular weight excluding hydrogens is 266 g/mol. The van der Waals surface area contributed by atoms with Gasteiger partial charge in [0.05, 0.1) is 0 Å². The van der Waals surface area contributed by atoms with Crippen molar-refractivity contribution in [2.45, 2.75) is 51.1 Å². The molecule has 21 heavy (non-hydrogen) atoms. The number of hydrogen-bond acceptors (Lipinski definition) is 3. The Labute approximate surface area is 127 Å². The molecule has 1 N–H and O–H groups in total. The summed E-state index contributed by atoms with van der Waals surface area (Å²) < 4.78 is 0. The number of carbonyl (C=O) groups excluding carboxylic acids is 2. The smallest absolute Gasteiger partial charge is 0.249 e. The number of amides is 2. The highest BCUT2D eigenvalue weighted by Crippen LogP contribution is 2.42. The van der Waals surface area contributed by atoms with Crippen LogP contribution < -0.4 is 5.32 Å². The molecular formula is C16H27N3O2. The van der Waals surface area contributed by atoms with Crippen LogP contribution in [0, 0.1) is 11.8 Å². The van der Waals surface area contributed by atoms with Gasteiger partial charge in [0.15, 0.2) is 0 Å². The van der Waals surface area contributed by atoms with Gasteiger partial charge in [0, 0.05) is 6.54 Å². The minimum atomic E-state index is -0.658. The van der Waals surface area contributed by atoms with Crippen molar-refractivity contribution < 1.29 is 9.59 Å². The first-order valence-electron chi connectivity index (χ1n) is 8.23. The third-order valence-corrected chi connectivity index (χ3v) is 5.62. The van der Waals surface area contributed by atoms with Crippen LogP contribution in [0.3, 0.4) is 0 Å². The molecule has 0 spiro atoms. The Bertz CT molecular complexity index is 441. The third-order valence-electron chi connectivity index (χ3n) is 5.62. The largest absolute Gasteiger partial charge is 0.340 e. The van der Waals surface area contributed by atoms with Crippen LogP contribution >= 0.6 is 0 Å². The summed E-state index contributed by atoms with van der Waals surface area (Å²) in [5, 5.41) is 2.99. The highest BCUT2D eigenvalue weighted by Gasteiger charge is 2.54. The van der Waals surface area contributed by atoms with Crippen LogP contribution in [0.1, 0.15) is 39.5 Å². The van der Waals surface area contributed by atoms with Gasteiger partial charge in [0.1, 0.15) is 11.6 Å². The van der Waals surface area contributed by atoms with E-state index in [1.807, 2.05) is 18.7 Å². The molecule has 5 heteroatoms. The van der Waals surface area contributed by atoms with E-state index in [0.29, 0.717) is 11.8 Å². The maximum Gasteiger partial charge on any atom is 0.249 e. The Morgan fingerprint density at radius 2 is 1.81 bits per heavy atom. The monoisotopic (exact) mass is 293 g/mol. The number of carbonyl (C=O) groups is 2. The fourth-order valence-corrected chi connectivity index (χ4v) is 3.73. The normalized spacial score (nSPS) is 36.0. The lowest BCUT2D eigenvalue weighted by Crippen LogP contribution is -2.70. The zero-order valence-electron chi connectivity index (χ0n) is 13.4. The fourth-order valence-electron chi connectivity index (χ4n) is 3.73. The van der Waals surface area contributed by atoms with Gasteiger partial charge in [0.25, 0.3) is 0 Å². The lowest BCUT2D eigenvalue weighted by atomic mass is 9.88. The first-order valence-corrected chi connectivity index (χ1v) is 8.23. The summed E-state index contributed by atoms with van der Waals surface area (Å²) >= 11 is 0. The maximum absolute atomic E-state index is 12.9. The van der Waals surface area contributed by atoms with E-state index in [4.69, 9.17) is 0 Å². The Hall–Kier alpha value is -1.10. The van der Waals surface area contributed by atoms with E-state index in [1.165, 1.54) is 0 Å². The first-order chi connectivity index (χ1) is 9.91. The van der Waals surface area contributed by atoms with Crippen molar-refractivity contribution in [1.29, 1.82) is 0 Å². The summed E-state index contributed by atoms with van der Waals surface area (Å²) in [7, 11) is 2.14. The molecule has 1 saturated carbocycles. The van der Waals surface area contributed by atoms with Gasteiger partial charge in [-0.25, -0.2) is 0 Å². The second kappa shape index (κ2) is 5.27. The maximum atomic E-state index is 12.9. The quantitative estimate of drug-likeness (QED) is 0.839. The van der Waals surface area contributed by atoms with E-state index in [-0.39, 0.29) is 17.9 Å². The molecule has 2 saturated heterocycles. The highest BCUT2D eigenvalue weighted by molar-refractivity contribution is 5.99. The van der Waals surface area contributed by atoms with E-state index in [1.54, 1.807) is 0 Å². The van der Waals surface area contributed by atoms with Crippen LogP contribution in [0.4, 0.5) is 0 Å². The number of rotatable bonds is 3. The summed E-state index contributed by atoms with van der Waals surface area (Å²) in [6.07, 6.45) is 4.35. The summed E-state index contributed by atoms with van der Waals surface area (Å²) in [5.41, 5.74) is -0.658. The van der Waals surface area contributed by atoms with Crippen molar-refractivity contribution in [3.8, 4) is 0 Å². The summed E-state index contributed by atoms with van der Waals surface area (Å²) in [6.45, 7) is 6.69. The van der Waals surface area contributed by atoms with Crippen LogP contribution in [0.15, 0.2) is 0 Å². The van der Waals surface area contributed by atoms with Crippen LogP contribution in [-0.2, 0) is 9.59 Å². The molecule has 2 aliphatic heterocycles. The molecule has 118 valence electrons. The van der Waals surface area contributed by atoms with E-state index in [2.05, 4.69) is 17.3 Å². The molecule has 2 unspecified atom stereocenters. The summed E-state index contributed by atoms with van der Waals surface area (Å²) in [4.78, 5) is 29.4. The molecule has 0 bridgehead atoms. The summed E-state index contributed by atoms with van der Waals surface area (Å²) in [5.74, 6) is 1.01.